The summed E-state index contributed by atoms with van der Waals surface area (Å²) >= 11 is 0. The number of Topliss-reactive ketones (excluding diaryl/α,β-unsaturated/α-hetero) is 1. The Morgan fingerprint density at radius 1 is 0.931 bits per heavy atom. The van der Waals surface area contributed by atoms with Crippen LogP contribution in [0.5, 0.6) is 5.75 Å². The fourth-order valence-corrected chi connectivity index (χ4v) is 3.63. The standard InChI is InChI=1S/C21H19NO6S/c1-27-18-9-6-16(7-10-18)20(23)14-28-21(24)13-22-29(25,26)19-11-8-15-4-2-3-5-17(15)12-19/h2-12,22H,13-14H2,1H3. The predicted octanol–water partition coefficient (Wildman–Crippen LogP) is 2.55. The lowest BCUT2D eigenvalue weighted by Crippen LogP contribution is -2.31. The van der Waals surface area contributed by atoms with Gasteiger partial charge in [0.1, 0.15) is 12.3 Å². The number of fused-ring (bicyclic) bond motifs is 1. The molecule has 0 heterocycles. The van der Waals surface area contributed by atoms with E-state index in [0.717, 1.165) is 10.8 Å². The summed E-state index contributed by atoms with van der Waals surface area (Å²) in [4.78, 5) is 23.9. The summed E-state index contributed by atoms with van der Waals surface area (Å²) < 4.78 is 36.9. The highest BCUT2D eigenvalue weighted by atomic mass is 32.2. The number of benzene rings is 3. The van der Waals surface area contributed by atoms with Crippen molar-refractivity contribution in [3.8, 4) is 5.75 Å². The van der Waals surface area contributed by atoms with Crippen LogP contribution in [-0.2, 0) is 19.6 Å². The van der Waals surface area contributed by atoms with E-state index in [4.69, 9.17) is 9.47 Å². The SMILES string of the molecule is COc1ccc(C(=O)COC(=O)CNS(=O)(=O)c2ccc3ccccc3c2)cc1. The molecule has 0 unspecified atom stereocenters. The molecule has 0 bridgehead atoms. The first-order chi connectivity index (χ1) is 13.9. The van der Waals surface area contributed by atoms with Gasteiger partial charge in [0.15, 0.2) is 12.4 Å². The molecule has 150 valence electrons. The number of esters is 1. The number of hydrogen-bond acceptors (Lipinski definition) is 6. The highest BCUT2D eigenvalue weighted by Crippen LogP contribution is 2.18. The average molecular weight is 413 g/mol. The lowest BCUT2D eigenvalue weighted by atomic mass is 10.1. The Bertz CT molecular complexity index is 1140. The van der Waals surface area contributed by atoms with Crippen LogP contribution in [0.2, 0.25) is 0 Å². The summed E-state index contributed by atoms with van der Waals surface area (Å²) in [6.45, 7) is -1.06. The maximum absolute atomic E-state index is 12.4. The van der Waals surface area contributed by atoms with Crippen LogP contribution >= 0.6 is 0 Å². The van der Waals surface area contributed by atoms with Gasteiger partial charge in [0.05, 0.1) is 12.0 Å². The van der Waals surface area contributed by atoms with Crippen molar-refractivity contribution in [3.05, 3.63) is 72.3 Å². The Labute approximate surface area is 168 Å². The first-order valence-electron chi connectivity index (χ1n) is 8.70. The van der Waals surface area contributed by atoms with Crippen molar-refractivity contribution in [2.45, 2.75) is 4.90 Å². The van der Waals surface area contributed by atoms with Gasteiger partial charge in [-0.2, -0.15) is 4.72 Å². The smallest absolute Gasteiger partial charge is 0.321 e. The van der Waals surface area contributed by atoms with Gasteiger partial charge in [-0.15, -0.1) is 0 Å². The van der Waals surface area contributed by atoms with E-state index in [1.807, 2.05) is 18.2 Å². The molecule has 0 aliphatic heterocycles. The van der Waals surface area contributed by atoms with Crippen LogP contribution in [0.25, 0.3) is 10.8 Å². The minimum atomic E-state index is -3.89. The van der Waals surface area contributed by atoms with E-state index >= 15 is 0 Å². The second kappa shape index (κ2) is 8.85. The van der Waals surface area contributed by atoms with Crippen LogP contribution in [-0.4, -0.2) is 40.4 Å². The van der Waals surface area contributed by atoms with Crippen LogP contribution in [0.3, 0.4) is 0 Å². The van der Waals surface area contributed by atoms with Gasteiger partial charge in [-0.1, -0.05) is 30.3 Å². The Kier molecular flexibility index (Phi) is 6.26. The van der Waals surface area contributed by atoms with Gasteiger partial charge in [0.2, 0.25) is 10.0 Å². The van der Waals surface area contributed by atoms with Gasteiger partial charge in [-0.05, 0) is 47.2 Å². The van der Waals surface area contributed by atoms with E-state index in [9.17, 15) is 18.0 Å². The van der Waals surface area contributed by atoms with Crippen molar-refractivity contribution in [1.29, 1.82) is 0 Å². The molecule has 0 saturated carbocycles. The molecule has 0 aromatic heterocycles. The van der Waals surface area contributed by atoms with E-state index in [2.05, 4.69) is 4.72 Å². The number of hydrogen-bond donors (Lipinski definition) is 1. The Morgan fingerprint density at radius 2 is 1.62 bits per heavy atom. The third-order valence-corrected chi connectivity index (χ3v) is 5.61. The largest absolute Gasteiger partial charge is 0.497 e. The van der Waals surface area contributed by atoms with Gasteiger partial charge < -0.3 is 9.47 Å². The second-order valence-electron chi connectivity index (χ2n) is 6.15. The summed E-state index contributed by atoms with van der Waals surface area (Å²) in [6, 6.07) is 18.4. The van der Waals surface area contributed by atoms with Crippen LogP contribution in [0.15, 0.2) is 71.6 Å². The molecule has 0 aliphatic carbocycles. The molecule has 0 radical (unpaired) electrons. The summed E-state index contributed by atoms with van der Waals surface area (Å²) in [7, 11) is -2.38. The molecule has 0 saturated heterocycles. The fraction of sp³-hybridized carbons (Fsp3) is 0.143. The summed E-state index contributed by atoms with van der Waals surface area (Å²) in [5, 5.41) is 1.67. The molecule has 0 amide bonds. The molecule has 29 heavy (non-hydrogen) atoms. The number of sulfonamides is 1. The number of ether oxygens (including phenoxy) is 2. The average Bonchev–Trinajstić information content (AvgIpc) is 2.75. The second-order valence-corrected chi connectivity index (χ2v) is 7.91. The highest BCUT2D eigenvalue weighted by molar-refractivity contribution is 7.89. The number of methoxy groups -OCH3 is 1. The van der Waals surface area contributed by atoms with Crippen molar-refractivity contribution >= 4 is 32.5 Å². The Morgan fingerprint density at radius 3 is 2.31 bits per heavy atom. The zero-order valence-electron chi connectivity index (χ0n) is 15.6. The maximum atomic E-state index is 12.4. The number of ketones is 1. The quantitative estimate of drug-likeness (QED) is 0.450. The van der Waals surface area contributed by atoms with Gasteiger partial charge in [-0.3, -0.25) is 9.59 Å². The molecule has 3 aromatic rings. The van der Waals surface area contributed by atoms with Crippen molar-refractivity contribution in [1.82, 2.24) is 4.72 Å². The highest BCUT2D eigenvalue weighted by Gasteiger charge is 2.17. The van der Waals surface area contributed by atoms with Gasteiger partial charge in [0, 0.05) is 5.56 Å². The molecule has 8 heteroatoms. The molecule has 0 spiro atoms. The van der Waals surface area contributed by atoms with E-state index in [1.165, 1.54) is 19.2 Å². The summed E-state index contributed by atoms with van der Waals surface area (Å²) in [5.74, 6) is -0.656. The number of nitrogens with one attached hydrogen (secondary N) is 1. The van der Waals surface area contributed by atoms with Crippen molar-refractivity contribution in [3.63, 3.8) is 0 Å². The van der Waals surface area contributed by atoms with E-state index in [1.54, 1.807) is 36.4 Å². The molecule has 0 aliphatic rings. The first kappa shape index (κ1) is 20.5. The van der Waals surface area contributed by atoms with Crippen molar-refractivity contribution in [2.75, 3.05) is 20.3 Å². The first-order valence-corrected chi connectivity index (χ1v) is 10.2. The normalized spacial score (nSPS) is 11.2. The van der Waals surface area contributed by atoms with Gasteiger partial charge in [-0.25, -0.2) is 8.42 Å². The topological polar surface area (TPSA) is 98.8 Å². The predicted molar refractivity (Wildman–Crippen MR) is 107 cm³/mol. The van der Waals surface area contributed by atoms with E-state index in [-0.39, 0.29) is 4.90 Å². The third kappa shape index (κ3) is 5.18. The zero-order valence-corrected chi connectivity index (χ0v) is 16.4. The van der Waals surface area contributed by atoms with E-state index < -0.39 is 34.9 Å². The fourth-order valence-electron chi connectivity index (χ4n) is 2.63. The molecule has 0 fully saturated rings. The minimum Gasteiger partial charge on any atom is -0.497 e. The van der Waals surface area contributed by atoms with Crippen LogP contribution in [0.4, 0.5) is 0 Å². The zero-order chi connectivity index (χ0) is 20.9. The van der Waals surface area contributed by atoms with Gasteiger partial charge in [0.25, 0.3) is 0 Å². The molecule has 0 atom stereocenters. The molecule has 3 rings (SSSR count). The lowest BCUT2D eigenvalue weighted by Gasteiger charge is -2.08. The van der Waals surface area contributed by atoms with E-state index in [0.29, 0.717) is 11.3 Å². The maximum Gasteiger partial charge on any atom is 0.321 e. The number of rotatable bonds is 8. The minimum absolute atomic E-state index is 0.0401. The number of carbonyl (C=O) groups excluding carboxylic acids is 2. The summed E-state index contributed by atoms with van der Waals surface area (Å²) in [5.41, 5.74) is 0.357. The van der Waals surface area contributed by atoms with Crippen LogP contribution in [0.1, 0.15) is 10.4 Å². The molecular weight excluding hydrogens is 394 g/mol. The van der Waals surface area contributed by atoms with Gasteiger partial charge >= 0.3 is 5.97 Å². The monoisotopic (exact) mass is 413 g/mol. The molecule has 3 aromatic carbocycles. The Hall–Kier alpha value is -3.23. The van der Waals surface area contributed by atoms with Crippen molar-refractivity contribution < 1.29 is 27.5 Å². The number of carbonyl (C=O) groups is 2. The molecular formula is C21H19NO6S. The Balaban J connectivity index is 1.55. The van der Waals surface area contributed by atoms with Crippen molar-refractivity contribution in [2.24, 2.45) is 0 Å². The third-order valence-electron chi connectivity index (χ3n) is 4.21. The molecule has 7 nitrogen and oxygen atoms in total. The summed E-state index contributed by atoms with van der Waals surface area (Å²) in [6.07, 6.45) is 0. The van der Waals surface area contributed by atoms with Crippen LogP contribution in [0, 0.1) is 0 Å². The lowest BCUT2D eigenvalue weighted by molar-refractivity contribution is -0.141. The van der Waals surface area contributed by atoms with Crippen LogP contribution < -0.4 is 9.46 Å². The molecule has 1 N–H and O–H groups in total.